The minimum atomic E-state index is -1.92. The average Bonchev–Trinajstić information content (AvgIpc) is 2.07. The molecule has 0 unspecified atom stereocenters. The van der Waals surface area contributed by atoms with Gasteiger partial charge in [-0.05, 0) is 0 Å². The Balaban J connectivity index is 3.11. The summed E-state index contributed by atoms with van der Waals surface area (Å²) < 4.78 is 0. The monoisotopic (exact) mass is 144 g/mol. The van der Waals surface area contributed by atoms with Crippen molar-refractivity contribution in [3.63, 3.8) is 0 Å². The van der Waals surface area contributed by atoms with Crippen molar-refractivity contribution in [2.24, 2.45) is 0 Å². The Morgan fingerprint density at radius 3 is 1.40 bits per heavy atom. The van der Waals surface area contributed by atoms with Gasteiger partial charge in [0.05, 0.1) is 0 Å². The van der Waals surface area contributed by atoms with E-state index in [4.69, 9.17) is 15.3 Å². The van der Waals surface area contributed by atoms with Gasteiger partial charge >= 0.3 is 0 Å². The van der Waals surface area contributed by atoms with E-state index in [-0.39, 0.29) is 0 Å². The summed E-state index contributed by atoms with van der Waals surface area (Å²) in [6.45, 7) is 0. The van der Waals surface area contributed by atoms with Crippen LogP contribution in [0.5, 0.6) is 0 Å². The fraction of sp³-hybridized carbons (Fsp3) is 0.200. The zero-order valence-corrected chi connectivity index (χ0v) is 4.74. The smallest absolute Gasteiger partial charge is 0.237 e. The lowest BCUT2D eigenvalue weighted by molar-refractivity contribution is -0.133. The molecular weight excluding hydrogens is 140 g/mol. The molecule has 0 atom stereocenters. The third kappa shape index (κ3) is 0.608. The van der Waals surface area contributed by atoms with Crippen molar-refractivity contribution in [2.75, 3.05) is 0 Å². The predicted molar refractivity (Wildman–Crippen MR) is 28.3 cm³/mol. The molecule has 5 heteroatoms. The van der Waals surface area contributed by atoms with Crippen molar-refractivity contribution in [3.8, 4) is 0 Å². The predicted octanol–water partition coefficient (Wildman–Crippen LogP) is -1.17. The third-order valence-electron chi connectivity index (χ3n) is 1.19. The van der Waals surface area contributed by atoms with E-state index in [2.05, 4.69) is 0 Å². The molecule has 0 saturated carbocycles. The Kier molecular flexibility index (Phi) is 1.22. The van der Waals surface area contributed by atoms with Crippen LogP contribution in [-0.4, -0.2) is 33.0 Å². The van der Waals surface area contributed by atoms with Gasteiger partial charge in [-0.3, -0.25) is 9.59 Å². The summed E-state index contributed by atoms with van der Waals surface area (Å²) in [6, 6.07) is 0. The molecule has 0 spiro atoms. The number of carbonyl (C=O) groups is 2. The summed E-state index contributed by atoms with van der Waals surface area (Å²) in [7, 11) is 0. The molecule has 1 aliphatic rings. The zero-order chi connectivity index (χ0) is 7.89. The lowest BCUT2D eigenvalue weighted by Crippen LogP contribution is -2.23. The normalized spacial score (nSPS) is 20.9. The first-order valence-corrected chi connectivity index (χ1v) is 2.44. The van der Waals surface area contributed by atoms with Gasteiger partial charge in [0.25, 0.3) is 0 Å². The van der Waals surface area contributed by atoms with Crippen LogP contribution in [0.3, 0.4) is 0 Å². The molecule has 0 amide bonds. The molecule has 0 aromatic rings. The Hall–Kier alpha value is -1.36. The first-order valence-electron chi connectivity index (χ1n) is 2.44. The van der Waals surface area contributed by atoms with Crippen LogP contribution in [0.1, 0.15) is 0 Å². The molecule has 54 valence electrons. The van der Waals surface area contributed by atoms with E-state index in [0.717, 1.165) is 0 Å². The topological polar surface area (TPSA) is 94.8 Å². The van der Waals surface area contributed by atoms with E-state index in [9.17, 15) is 9.59 Å². The molecule has 0 heterocycles. The van der Waals surface area contributed by atoms with Crippen LogP contribution in [0.2, 0.25) is 0 Å². The summed E-state index contributed by atoms with van der Waals surface area (Å²) in [5.41, 5.74) is 0. The maximum atomic E-state index is 10.4. The van der Waals surface area contributed by atoms with Crippen molar-refractivity contribution < 1.29 is 24.9 Å². The lowest BCUT2D eigenvalue weighted by Gasteiger charge is -1.92. The van der Waals surface area contributed by atoms with E-state index in [1.165, 1.54) is 0 Å². The van der Waals surface area contributed by atoms with Crippen LogP contribution in [-0.2, 0) is 9.59 Å². The van der Waals surface area contributed by atoms with Gasteiger partial charge in [0.2, 0.25) is 23.1 Å². The molecule has 0 fully saturated rings. The molecule has 0 aromatic carbocycles. The fourth-order valence-corrected chi connectivity index (χ4v) is 0.611. The van der Waals surface area contributed by atoms with E-state index in [1.54, 1.807) is 0 Å². The highest BCUT2D eigenvalue weighted by molar-refractivity contribution is 6.24. The van der Waals surface area contributed by atoms with Crippen molar-refractivity contribution in [3.05, 3.63) is 11.5 Å². The highest BCUT2D eigenvalue weighted by Crippen LogP contribution is 2.14. The molecule has 0 radical (unpaired) electrons. The van der Waals surface area contributed by atoms with Crippen molar-refractivity contribution in [1.82, 2.24) is 0 Å². The second-order valence-electron chi connectivity index (χ2n) is 1.83. The average molecular weight is 144 g/mol. The highest BCUT2D eigenvalue weighted by atomic mass is 16.3. The van der Waals surface area contributed by atoms with E-state index in [1.807, 2.05) is 0 Å². The van der Waals surface area contributed by atoms with Gasteiger partial charge in [0.1, 0.15) is 0 Å². The number of hydrogen-bond acceptors (Lipinski definition) is 5. The van der Waals surface area contributed by atoms with Crippen LogP contribution in [0, 0.1) is 0 Å². The van der Waals surface area contributed by atoms with Gasteiger partial charge in [-0.15, -0.1) is 0 Å². The maximum Gasteiger partial charge on any atom is 0.237 e. The first kappa shape index (κ1) is 6.76. The van der Waals surface area contributed by atoms with Crippen LogP contribution in [0.25, 0.3) is 0 Å². The molecular formula is C5H4O5. The number of ketones is 2. The van der Waals surface area contributed by atoms with E-state index >= 15 is 0 Å². The van der Waals surface area contributed by atoms with Gasteiger partial charge in [0.15, 0.2) is 6.10 Å². The number of carbonyl (C=O) groups excluding carboxylic acids is 2. The van der Waals surface area contributed by atoms with Crippen molar-refractivity contribution in [2.45, 2.75) is 6.10 Å². The summed E-state index contributed by atoms with van der Waals surface area (Å²) >= 11 is 0. The van der Waals surface area contributed by atoms with Crippen LogP contribution < -0.4 is 0 Å². The van der Waals surface area contributed by atoms with Crippen LogP contribution in [0.15, 0.2) is 11.5 Å². The Labute approximate surface area is 55.2 Å². The third-order valence-corrected chi connectivity index (χ3v) is 1.19. The van der Waals surface area contributed by atoms with Crippen molar-refractivity contribution in [1.29, 1.82) is 0 Å². The zero-order valence-electron chi connectivity index (χ0n) is 4.74. The lowest BCUT2D eigenvalue weighted by atomic mass is 10.2. The van der Waals surface area contributed by atoms with Gasteiger partial charge in [0, 0.05) is 0 Å². The minimum absolute atomic E-state index is 1.06. The summed E-state index contributed by atoms with van der Waals surface area (Å²) in [4.78, 5) is 20.8. The Morgan fingerprint density at radius 2 is 1.30 bits per heavy atom. The highest BCUT2D eigenvalue weighted by Gasteiger charge is 2.40. The molecule has 0 saturated heterocycles. The second kappa shape index (κ2) is 1.81. The SMILES string of the molecule is O=C1C(O)=C(O)C(=O)C1O. The molecule has 0 bridgehead atoms. The molecule has 1 rings (SSSR count). The Morgan fingerprint density at radius 1 is 1.00 bits per heavy atom. The maximum absolute atomic E-state index is 10.4. The number of rotatable bonds is 0. The Bertz CT molecular complexity index is 214. The van der Waals surface area contributed by atoms with Gasteiger partial charge in [-0.1, -0.05) is 0 Å². The molecule has 1 aliphatic carbocycles. The van der Waals surface area contributed by atoms with Crippen LogP contribution >= 0.6 is 0 Å². The number of aliphatic hydroxyl groups is 3. The van der Waals surface area contributed by atoms with Gasteiger partial charge < -0.3 is 15.3 Å². The largest absolute Gasteiger partial charge is 0.502 e. The van der Waals surface area contributed by atoms with Crippen LogP contribution in [0.4, 0.5) is 0 Å². The standard InChI is InChI=1S/C5H4O5/c6-1-2(7)4(9)5(10)3(1)8/h1,6,9-10H. The molecule has 5 nitrogen and oxygen atoms in total. The molecule has 3 N–H and O–H groups in total. The number of hydrogen-bond donors (Lipinski definition) is 3. The summed E-state index contributed by atoms with van der Waals surface area (Å²) in [6.07, 6.45) is -1.92. The quantitative estimate of drug-likeness (QED) is 0.372. The van der Waals surface area contributed by atoms with Gasteiger partial charge in [-0.2, -0.15) is 0 Å². The molecule has 0 aliphatic heterocycles. The fourth-order valence-electron chi connectivity index (χ4n) is 0.611. The van der Waals surface area contributed by atoms with E-state index < -0.39 is 29.2 Å². The molecule has 0 aromatic heterocycles. The second-order valence-corrected chi connectivity index (χ2v) is 1.83. The number of aliphatic hydroxyl groups excluding tert-OH is 3. The minimum Gasteiger partial charge on any atom is -0.502 e. The molecule has 10 heavy (non-hydrogen) atoms. The number of Topliss-reactive ketones (excluding diaryl/α,β-unsaturated/α-hetero) is 2. The summed E-state index contributed by atoms with van der Waals surface area (Å²) in [5, 5.41) is 25.6. The van der Waals surface area contributed by atoms with Gasteiger partial charge in [-0.25, -0.2) is 0 Å². The van der Waals surface area contributed by atoms with Crippen molar-refractivity contribution >= 4 is 11.6 Å². The first-order chi connectivity index (χ1) is 4.55. The van der Waals surface area contributed by atoms with E-state index in [0.29, 0.717) is 0 Å². The summed E-state index contributed by atoms with van der Waals surface area (Å²) in [5.74, 6) is -4.42.